The van der Waals surface area contributed by atoms with Gasteiger partial charge in [0.2, 0.25) is 5.91 Å². The Balaban J connectivity index is 1.52. The van der Waals surface area contributed by atoms with E-state index in [0.29, 0.717) is 23.0 Å². The number of alkyl carbamates (subject to hydrolysis) is 1. The first-order chi connectivity index (χ1) is 16.6. The molecule has 0 spiro atoms. The predicted molar refractivity (Wildman–Crippen MR) is 133 cm³/mol. The molecule has 2 amide bonds. The number of aromatic nitrogens is 2. The fourth-order valence-corrected chi connectivity index (χ4v) is 4.58. The summed E-state index contributed by atoms with van der Waals surface area (Å²) in [6, 6.07) is 11.0. The van der Waals surface area contributed by atoms with Gasteiger partial charge in [0, 0.05) is 24.0 Å². The molecule has 0 bridgehead atoms. The van der Waals surface area contributed by atoms with Gasteiger partial charge in [0.1, 0.15) is 17.2 Å². The lowest BCUT2D eigenvalue weighted by Crippen LogP contribution is -2.44. The quantitative estimate of drug-likeness (QED) is 0.465. The molecule has 1 aromatic heterocycles. The van der Waals surface area contributed by atoms with Gasteiger partial charge < -0.3 is 19.9 Å². The normalized spacial score (nSPS) is 16.9. The second kappa shape index (κ2) is 10.2. The number of halogens is 2. The van der Waals surface area contributed by atoms with Crippen LogP contribution in [0, 0.1) is 5.82 Å². The van der Waals surface area contributed by atoms with Gasteiger partial charge in [0.05, 0.1) is 17.1 Å². The number of nitrogens with zero attached hydrogens (tertiary/aromatic N) is 2. The van der Waals surface area contributed by atoms with Crippen molar-refractivity contribution in [2.45, 2.75) is 64.1 Å². The van der Waals surface area contributed by atoms with E-state index in [1.54, 1.807) is 56.0 Å². The van der Waals surface area contributed by atoms with E-state index in [1.807, 2.05) is 6.07 Å². The van der Waals surface area contributed by atoms with Crippen molar-refractivity contribution < 1.29 is 18.7 Å². The number of imidazole rings is 1. The molecule has 9 heteroatoms. The van der Waals surface area contributed by atoms with Crippen molar-refractivity contribution in [1.82, 2.24) is 20.2 Å². The van der Waals surface area contributed by atoms with Crippen molar-refractivity contribution in [3.05, 3.63) is 64.7 Å². The number of ether oxygens (including phenoxy) is 1. The van der Waals surface area contributed by atoms with Crippen LogP contribution in [0.4, 0.5) is 9.18 Å². The lowest BCUT2D eigenvalue weighted by Gasteiger charge is -2.27. The van der Waals surface area contributed by atoms with Crippen molar-refractivity contribution in [3.63, 3.8) is 0 Å². The zero-order chi connectivity index (χ0) is 25.2. The number of likely N-dealkylation sites (tertiary alicyclic amines) is 1. The molecule has 2 aromatic carbocycles. The second-order valence-electron chi connectivity index (χ2n) is 9.87. The number of benzene rings is 2. The van der Waals surface area contributed by atoms with Crippen molar-refractivity contribution >= 4 is 34.6 Å². The van der Waals surface area contributed by atoms with Crippen LogP contribution in [-0.2, 0) is 16.0 Å². The molecule has 35 heavy (non-hydrogen) atoms. The van der Waals surface area contributed by atoms with Gasteiger partial charge in [-0.1, -0.05) is 29.8 Å². The van der Waals surface area contributed by atoms with Crippen molar-refractivity contribution in [2.75, 3.05) is 6.54 Å². The van der Waals surface area contributed by atoms with Crippen molar-refractivity contribution in [1.29, 1.82) is 0 Å². The Bertz CT molecular complexity index is 1220. The summed E-state index contributed by atoms with van der Waals surface area (Å²) in [5, 5.41) is 3.37. The third-order valence-electron chi connectivity index (χ3n) is 5.92. The number of nitrogens with one attached hydrogen (secondary N) is 2. The van der Waals surface area contributed by atoms with Gasteiger partial charge in [-0.3, -0.25) is 4.79 Å². The largest absolute Gasteiger partial charge is 0.444 e. The standard InChI is InChI=1S/C26H30ClFN4O3/c1-26(2,3)35-25(34)29-18(13-16-7-4-5-8-19(16)28)15-23(33)32-12-6-9-22(32)24-30-20-11-10-17(27)14-21(20)31-24/h4-5,7-8,10-11,14,18,22H,6,9,12-13,15H2,1-3H3,(H,29,34)(H,30,31)/t18-,22+/m1/s1. The molecule has 2 heterocycles. The molecule has 4 rings (SSSR count). The maximum Gasteiger partial charge on any atom is 0.407 e. The SMILES string of the molecule is CC(C)(C)OC(=O)N[C@@H](CC(=O)N1CCC[C@H]1c1nc2cc(Cl)ccc2[nH]1)Cc1ccccc1F. The fraction of sp³-hybridized carbons (Fsp3) is 0.423. The molecule has 0 radical (unpaired) electrons. The Labute approximate surface area is 209 Å². The number of hydrogen-bond acceptors (Lipinski definition) is 4. The third kappa shape index (κ3) is 6.31. The number of carbonyl (C=O) groups is 2. The molecule has 0 unspecified atom stereocenters. The molecule has 2 N–H and O–H groups in total. The van der Waals surface area contributed by atoms with Crippen LogP contribution in [0.25, 0.3) is 11.0 Å². The topological polar surface area (TPSA) is 87.3 Å². The summed E-state index contributed by atoms with van der Waals surface area (Å²) >= 11 is 6.09. The molecule has 0 aliphatic carbocycles. The molecule has 2 atom stereocenters. The van der Waals surface area contributed by atoms with Crippen molar-refractivity contribution in [2.24, 2.45) is 0 Å². The van der Waals surface area contributed by atoms with Crippen LogP contribution in [0.3, 0.4) is 0 Å². The van der Waals surface area contributed by atoms with E-state index in [0.717, 1.165) is 23.9 Å². The summed E-state index contributed by atoms with van der Waals surface area (Å²) in [7, 11) is 0. The molecule has 1 aliphatic rings. The maximum atomic E-state index is 14.3. The zero-order valence-electron chi connectivity index (χ0n) is 20.1. The van der Waals surface area contributed by atoms with Gasteiger partial charge in [0.15, 0.2) is 0 Å². The Morgan fingerprint density at radius 3 is 2.80 bits per heavy atom. The van der Waals surface area contributed by atoms with Crippen LogP contribution in [-0.4, -0.2) is 45.1 Å². The first kappa shape index (κ1) is 25.0. The number of H-pyrrole nitrogens is 1. The first-order valence-electron chi connectivity index (χ1n) is 11.8. The molecular weight excluding hydrogens is 471 g/mol. The van der Waals surface area contributed by atoms with Gasteiger partial charge >= 0.3 is 6.09 Å². The van der Waals surface area contributed by atoms with Crippen LogP contribution >= 0.6 is 11.6 Å². The van der Waals surface area contributed by atoms with Crippen LogP contribution in [0.2, 0.25) is 5.02 Å². The van der Waals surface area contributed by atoms with E-state index in [-0.39, 0.29) is 30.6 Å². The molecule has 3 aromatic rings. The van der Waals surface area contributed by atoms with Gasteiger partial charge in [0.25, 0.3) is 0 Å². The number of aromatic amines is 1. The Morgan fingerprint density at radius 2 is 2.06 bits per heavy atom. The van der Waals surface area contributed by atoms with E-state index in [9.17, 15) is 14.0 Å². The first-order valence-corrected chi connectivity index (χ1v) is 12.1. The summed E-state index contributed by atoms with van der Waals surface area (Å²) in [5.74, 6) is 0.193. The van der Waals surface area contributed by atoms with Crippen molar-refractivity contribution in [3.8, 4) is 0 Å². The highest BCUT2D eigenvalue weighted by molar-refractivity contribution is 6.31. The molecule has 1 fully saturated rings. The maximum absolute atomic E-state index is 14.3. The molecule has 1 aliphatic heterocycles. The number of carbonyl (C=O) groups excluding carboxylic acids is 2. The Hall–Kier alpha value is -3.13. The molecular formula is C26H30ClFN4O3. The van der Waals surface area contributed by atoms with Crippen LogP contribution in [0.1, 0.15) is 57.5 Å². The monoisotopic (exact) mass is 500 g/mol. The van der Waals surface area contributed by atoms with E-state index in [2.05, 4.69) is 15.3 Å². The Morgan fingerprint density at radius 1 is 1.29 bits per heavy atom. The second-order valence-corrected chi connectivity index (χ2v) is 10.3. The predicted octanol–water partition coefficient (Wildman–Crippen LogP) is 5.55. The van der Waals surface area contributed by atoms with Gasteiger partial charge in [-0.2, -0.15) is 0 Å². The summed E-state index contributed by atoms with van der Waals surface area (Å²) in [4.78, 5) is 35.7. The molecule has 1 saturated heterocycles. The number of amides is 2. The molecule has 0 saturated carbocycles. The number of fused-ring (bicyclic) bond motifs is 1. The van der Waals surface area contributed by atoms with E-state index in [1.165, 1.54) is 6.07 Å². The molecule has 186 valence electrons. The number of hydrogen-bond donors (Lipinski definition) is 2. The highest BCUT2D eigenvalue weighted by Crippen LogP contribution is 2.32. The summed E-state index contributed by atoms with van der Waals surface area (Å²) in [5.41, 5.74) is 1.33. The van der Waals surface area contributed by atoms with Gasteiger partial charge in [-0.05, 0) is 69.9 Å². The highest BCUT2D eigenvalue weighted by Gasteiger charge is 2.34. The minimum Gasteiger partial charge on any atom is -0.444 e. The smallest absolute Gasteiger partial charge is 0.407 e. The lowest BCUT2D eigenvalue weighted by molar-refractivity contribution is -0.132. The van der Waals surface area contributed by atoms with Crippen LogP contribution < -0.4 is 5.32 Å². The van der Waals surface area contributed by atoms with Gasteiger partial charge in [-0.15, -0.1) is 0 Å². The average molecular weight is 501 g/mol. The van der Waals surface area contributed by atoms with E-state index in [4.69, 9.17) is 16.3 Å². The summed E-state index contributed by atoms with van der Waals surface area (Å²) in [6.45, 7) is 5.87. The molecule has 7 nitrogen and oxygen atoms in total. The lowest BCUT2D eigenvalue weighted by atomic mass is 10.0. The summed E-state index contributed by atoms with van der Waals surface area (Å²) < 4.78 is 19.7. The van der Waals surface area contributed by atoms with Crippen LogP contribution in [0.5, 0.6) is 0 Å². The minimum atomic E-state index is -0.694. The highest BCUT2D eigenvalue weighted by atomic mass is 35.5. The zero-order valence-corrected chi connectivity index (χ0v) is 20.9. The minimum absolute atomic E-state index is 0.0101. The van der Waals surface area contributed by atoms with E-state index < -0.39 is 17.7 Å². The van der Waals surface area contributed by atoms with E-state index >= 15 is 0 Å². The average Bonchev–Trinajstić information content (AvgIpc) is 3.40. The fourth-order valence-electron chi connectivity index (χ4n) is 4.41. The van der Waals surface area contributed by atoms with Crippen LogP contribution in [0.15, 0.2) is 42.5 Å². The number of rotatable bonds is 6. The van der Waals surface area contributed by atoms with Gasteiger partial charge in [-0.25, -0.2) is 14.2 Å². The Kier molecular flexibility index (Phi) is 7.31. The summed E-state index contributed by atoms with van der Waals surface area (Å²) in [6.07, 6.45) is 1.15. The third-order valence-corrected chi connectivity index (χ3v) is 6.15.